The first-order valence-electron chi connectivity index (χ1n) is 8.52. The molecule has 0 aromatic carbocycles. The van der Waals surface area contributed by atoms with Gasteiger partial charge in [-0.3, -0.25) is 9.79 Å². The number of nitrogens with zero attached hydrogens (tertiary/aromatic N) is 5. The number of carbonyl (C=O) groups excluding carboxylic acids is 1. The second-order valence-corrected chi connectivity index (χ2v) is 6.58. The minimum absolute atomic E-state index is 0. The predicted molar refractivity (Wildman–Crippen MR) is 116 cm³/mol. The monoisotopic (exact) mass is 505 g/mol. The van der Waals surface area contributed by atoms with Crippen LogP contribution in [-0.4, -0.2) is 59.4 Å². The van der Waals surface area contributed by atoms with Crippen molar-refractivity contribution in [1.29, 1.82) is 0 Å². The second kappa shape index (κ2) is 9.88. The number of anilines is 1. The third kappa shape index (κ3) is 5.31. The van der Waals surface area contributed by atoms with E-state index in [0.717, 1.165) is 49.5 Å². The molecular formula is C16H24IN7O2S. The summed E-state index contributed by atoms with van der Waals surface area (Å²) in [6.07, 6.45) is 0.858. The summed E-state index contributed by atoms with van der Waals surface area (Å²) in [5, 5.41) is 4.25. The van der Waals surface area contributed by atoms with E-state index < -0.39 is 5.91 Å². The van der Waals surface area contributed by atoms with Crippen LogP contribution in [0.25, 0.3) is 0 Å². The molecule has 11 heteroatoms. The molecule has 0 aliphatic carbocycles. The van der Waals surface area contributed by atoms with E-state index >= 15 is 0 Å². The number of guanidine groups is 1. The summed E-state index contributed by atoms with van der Waals surface area (Å²) in [6, 6.07) is 3.31. The van der Waals surface area contributed by atoms with Crippen molar-refractivity contribution in [1.82, 2.24) is 19.6 Å². The summed E-state index contributed by atoms with van der Waals surface area (Å²) < 4.78 is 9.74. The van der Waals surface area contributed by atoms with Gasteiger partial charge in [0.1, 0.15) is 11.6 Å². The van der Waals surface area contributed by atoms with Gasteiger partial charge in [-0.2, -0.15) is 4.37 Å². The average molecular weight is 505 g/mol. The van der Waals surface area contributed by atoms with Crippen LogP contribution in [0.3, 0.4) is 0 Å². The number of furan rings is 1. The van der Waals surface area contributed by atoms with E-state index in [1.165, 1.54) is 11.5 Å². The summed E-state index contributed by atoms with van der Waals surface area (Å²) in [5.74, 6) is 1.93. The highest BCUT2D eigenvalue weighted by Gasteiger charge is 2.22. The molecule has 27 heavy (non-hydrogen) atoms. The Morgan fingerprint density at radius 3 is 2.67 bits per heavy atom. The Bertz CT molecular complexity index is 783. The summed E-state index contributed by atoms with van der Waals surface area (Å²) >= 11 is 1.46. The first-order valence-corrected chi connectivity index (χ1v) is 9.29. The molecule has 2 aromatic heterocycles. The minimum atomic E-state index is -0.570. The number of aryl methyl sites for hydroxylation is 1. The number of aliphatic imine (C=N–C) groups is 1. The Morgan fingerprint density at radius 2 is 2.11 bits per heavy atom. The summed E-state index contributed by atoms with van der Waals surface area (Å²) in [4.78, 5) is 24.4. The fourth-order valence-electron chi connectivity index (χ4n) is 2.73. The number of halogens is 1. The predicted octanol–water partition coefficient (Wildman–Crippen LogP) is 1.31. The van der Waals surface area contributed by atoms with Crippen LogP contribution in [0.15, 0.2) is 21.5 Å². The number of aromatic nitrogens is 2. The molecule has 1 fully saturated rings. The van der Waals surface area contributed by atoms with Crippen LogP contribution in [0.2, 0.25) is 0 Å². The lowest BCUT2D eigenvalue weighted by Gasteiger charge is -2.36. The zero-order valence-corrected chi connectivity index (χ0v) is 18.5. The normalized spacial score (nSPS) is 14.8. The van der Waals surface area contributed by atoms with E-state index in [1.807, 2.05) is 0 Å². The maximum Gasteiger partial charge on any atom is 0.284 e. The quantitative estimate of drug-likeness (QED) is 0.358. The van der Waals surface area contributed by atoms with Gasteiger partial charge in [-0.15, -0.1) is 24.0 Å². The van der Waals surface area contributed by atoms with Gasteiger partial charge in [0.25, 0.3) is 5.91 Å². The highest BCUT2D eigenvalue weighted by molar-refractivity contribution is 14.0. The summed E-state index contributed by atoms with van der Waals surface area (Å²) in [7, 11) is 1.75. The van der Waals surface area contributed by atoms with Gasteiger partial charge in [0, 0.05) is 51.2 Å². The molecule has 0 saturated carbocycles. The lowest BCUT2D eigenvalue weighted by Crippen LogP contribution is -2.52. The molecule has 1 saturated heterocycles. The van der Waals surface area contributed by atoms with Gasteiger partial charge in [-0.25, -0.2) is 4.98 Å². The van der Waals surface area contributed by atoms with Crippen LogP contribution >= 0.6 is 35.5 Å². The molecule has 1 aliphatic heterocycles. The van der Waals surface area contributed by atoms with Crippen LogP contribution in [0.1, 0.15) is 29.1 Å². The summed E-state index contributed by atoms with van der Waals surface area (Å²) in [6.45, 7) is 5.91. The van der Waals surface area contributed by atoms with Crippen LogP contribution in [0, 0.1) is 0 Å². The SMILES string of the molecule is CCc1nsc(N2CCN(C(=NC)NCc3ccc(C(N)=O)o3)CC2)n1.I. The van der Waals surface area contributed by atoms with Crippen molar-refractivity contribution in [2.45, 2.75) is 19.9 Å². The van der Waals surface area contributed by atoms with E-state index in [-0.39, 0.29) is 29.7 Å². The smallest absolute Gasteiger partial charge is 0.284 e. The molecule has 0 atom stereocenters. The van der Waals surface area contributed by atoms with Crippen molar-refractivity contribution in [2.75, 3.05) is 38.1 Å². The number of nitrogens with one attached hydrogen (secondary N) is 1. The fraction of sp³-hybridized carbons (Fsp3) is 0.500. The zero-order chi connectivity index (χ0) is 18.5. The number of rotatable bonds is 5. The van der Waals surface area contributed by atoms with Crippen molar-refractivity contribution in [2.24, 2.45) is 10.7 Å². The third-order valence-electron chi connectivity index (χ3n) is 4.16. The van der Waals surface area contributed by atoms with Crippen LogP contribution in [-0.2, 0) is 13.0 Å². The minimum Gasteiger partial charge on any atom is -0.454 e. The Morgan fingerprint density at radius 1 is 1.37 bits per heavy atom. The Kier molecular flexibility index (Phi) is 7.83. The van der Waals surface area contributed by atoms with Crippen molar-refractivity contribution < 1.29 is 9.21 Å². The molecule has 3 heterocycles. The van der Waals surface area contributed by atoms with Gasteiger partial charge in [0.15, 0.2) is 11.7 Å². The molecule has 1 amide bonds. The van der Waals surface area contributed by atoms with Gasteiger partial charge in [-0.05, 0) is 12.1 Å². The number of carbonyl (C=O) groups is 1. The van der Waals surface area contributed by atoms with Crippen molar-refractivity contribution in [3.63, 3.8) is 0 Å². The molecule has 0 radical (unpaired) electrons. The van der Waals surface area contributed by atoms with Gasteiger partial charge in [-0.1, -0.05) is 6.92 Å². The first-order chi connectivity index (χ1) is 12.6. The van der Waals surface area contributed by atoms with E-state index in [9.17, 15) is 4.79 Å². The molecule has 148 valence electrons. The lowest BCUT2D eigenvalue weighted by molar-refractivity contribution is 0.0972. The molecular weight excluding hydrogens is 481 g/mol. The molecule has 0 bridgehead atoms. The largest absolute Gasteiger partial charge is 0.454 e. The van der Waals surface area contributed by atoms with Crippen molar-refractivity contribution >= 4 is 52.5 Å². The van der Waals surface area contributed by atoms with Gasteiger partial charge >= 0.3 is 0 Å². The highest BCUT2D eigenvalue weighted by atomic mass is 127. The number of primary amides is 1. The van der Waals surface area contributed by atoms with E-state index in [0.29, 0.717) is 12.3 Å². The molecule has 3 rings (SSSR count). The molecule has 2 aromatic rings. The number of hydrogen-bond donors (Lipinski definition) is 2. The van der Waals surface area contributed by atoms with Crippen LogP contribution in [0.5, 0.6) is 0 Å². The molecule has 0 spiro atoms. The van der Waals surface area contributed by atoms with Crippen LogP contribution in [0.4, 0.5) is 5.13 Å². The number of nitrogens with two attached hydrogens (primary N) is 1. The maximum absolute atomic E-state index is 11.1. The lowest BCUT2D eigenvalue weighted by atomic mass is 10.3. The Labute approximate surface area is 179 Å². The van der Waals surface area contributed by atoms with Gasteiger partial charge in [0.2, 0.25) is 5.13 Å². The topological polar surface area (TPSA) is 113 Å². The Balaban J connectivity index is 0.00000261. The Hall–Kier alpha value is -1.89. The second-order valence-electron chi connectivity index (χ2n) is 5.85. The van der Waals surface area contributed by atoms with Crippen molar-refractivity contribution in [3.05, 3.63) is 29.5 Å². The number of hydrogen-bond acceptors (Lipinski definition) is 7. The van der Waals surface area contributed by atoms with Crippen LogP contribution < -0.4 is 16.0 Å². The van der Waals surface area contributed by atoms with Gasteiger partial charge < -0.3 is 25.3 Å². The highest BCUT2D eigenvalue weighted by Crippen LogP contribution is 2.19. The third-order valence-corrected chi connectivity index (χ3v) is 4.98. The number of piperazine rings is 1. The fourth-order valence-corrected chi connectivity index (χ4v) is 3.53. The molecule has 0 unspecified atom stereocenters. The van der Waals surface area contributed by atoms with E-state index in [4.69, 9.17) is 10.2 Å². The average Bonchev–Trinajstić information content (AvgIpc) is 3.32. The van der Waals surface area contributed by atoms with Gasteiger partial charge in [0.05, 0.1) is 6.54 Å². The first kappa shape index (κ1) is 21.4. The van der Waals surface area contributed by atoms with E-state index in [1.54, 1.807) is 19.2 Å². The molecule has 1 aliphatic rings. The van der Waals surface area contributed by atoms with Crippen molar-refractivity contribution in [3.8, 4) is 0 Å². The number of amides is 1. The molecule has 9 nitrogen and oxygen atoms in total. The molecule has 3 N–H and O–H groups in total. The van der Waals surface area contributed by atoms with E-state index in [2.05, 4.69) is 36.4 Å². The summed E-state index contributed by atoms with van der Waals surface area (Å²) in [5.41, 5.74) is 5.20. The zero-order valence-electron chi connectivity index (χ0n) is 15.3. The maximum atomic E-state index is 11.1. The standard InChI is InChI=1S/C16H23N7O2S.HI/c1-3-13-20-16(26-21-13)23-8-6-22(7-9-23)15(18-2)19-10-11-4-5-12(25-11)14(17)24;/h4-5H,3,6-10H2,1-2H3,(H2,17,24)(H,18,19);1H.